The van der Waals surface area contributed by atoms with Crippen LogP contribution in [-0.2, 0) is 9.53 Å². The molecule has 5 rings (SSSR count). The molecule has 0 aromatic carbocycles. The molecule has 0 atom stereocenters. The topological polar surface area (TPSA) is 26.3 Å². The summed E-state index contributed by atoms with van der Waals surface area (Å²) in [7, 11) is 0. The third-order valence-corrected chi connectivity index (χ3v) is 7.05. The normalized spacial score (nSPS) is 43.0. The third-order valence-electron chi connectivity index (χ3n) is 7.05. The lowest BCUT2D eigenvalue weighted by Gasteiger charge is -2.62. The molecular formula is C19H28O2. The van der Waals surface area contributed by atoms with Gasteiger partial charge in [0.2, 0.25) is 0 Å². The van der Waals surface area contributed by atoms with Crippen LogP contribution in [-0.4, -0.2) is 11.6 Å². The smallest absolute Gasteiger partial charge is 0.333 e. The summed E-state index contributed by atoms with van der Waals surface area (Å²) in [6.07, 6.45) is 13.0. The fourth-order valence-electron chi connectivity index (χ4n) is 6.62. The summed E-state index contributed by atoms with van der Waals surface area (Å²) in [4.78, 5) is 12.3. The minimum atomic E-state index is -0.154. The fraction of sp³-hybridized carbons (Fsp3) is 0.842. The maximum Gasteiger partial charge on any atom is 0.333 e. The SMILES string of the molecule is C=C(C)C(=O)OC1(C23CC4CC(CC(C4)C2)C3)CCCC1. The molecule has 0 radical (unpaired) electrons. The molecule has 0 aliphatic heterocycles. The molecule has 4 bridgehead atoms. The van der Waals surface area contributed by atoms with E-state index in [-0.39, 0.29) is 11.6 Å². The first-order chi connectivity index (χ1) is 10.0. The number of carbonyl (C=O) groups excluding carboxylic acids is 1. The number of carbonyl (C=O) groups is 1. The molecule has 2 nitrogen and oxygen atoms in total. The Morgan fingerprint density at radius 2 is 1.48 bits per heavy atom. The monoisotopic (exact) mass is 288 g/mol. The van der Waals surface area contributed by atoms with E-state index in [0.717, 1.165) is 30.6 Å². The summed E-state index contributed by atoms with van der Waals surface area (Å²) in [6, 6.07) is 0. The van der Waals surface area contributed by atoms with Crippen LogP contribution in [0.5, 0.6) is 0 Å². The molecule has 5 saturated carbocycles. The lowest BCUT2D eigenvalue weighted by molar-refractivity contribution is -0.204. The van der Waals surface area contributed by atoms with Gasteiger partial charge < -0.3 is 4.74 Å². The average molecular weight is 288 g/mol. The van der Waals surface area contributed by atoms with E-state index < -0.39 is 0 Å². The van der Waals surface area contributed by atoms with Crippen LogP contribution in [0, 0.1) is 23.2 Å². The van der Waals surface area contributed by atoms with Gasteiger partial charge in [-0.2, -0.15) is 0 Å². The number of esters is 1. The van der Waals surface area contributed by atoms with Gasteiger partial charge in [0, 0.05) is 11.0 Å². The zero-order chi connectivity index (χ0) is 14.7. The molecule has 0 aromatic rings. The summed E-state index contributed by atoms with van der Waals surface area (Å²) >= 11 is 0. The third kappa shape index (κ3) is 2.01. The van der Waals surface area contributed by atoms with Crippen LogP contribution in [0.1, 0.15) is 71.1 Å². The summed E-state index contributed by atoms with van der Waals surface area (Å²) < 4.78 is 6.21. The van der Waals surface area contributed by atoms with E-state index in [9.17, 15) is 4.79 Å². The molecule has 0 amide bonds. The van der Waals surface area contributed by atoms with E-state index in [0.29, 0.717) is 11.0 Å². The van der Waals surface area contributed by atoms with E-state index in [1.165, 1.54) is 51.4 Å². The Balaban J connectivity index is 1.67. The predicted octanol–water partition coefficient (Wildman–Crippen LogP) is 4.63. The Labute approximate surface area is 128 Å². The largest absolute Gasteiger partial charge is 0.455 e. The second-order valence-corrected chi connectivity index (χ2v) is 8.57. The van der Waals surface area contributed by atoms with Crippen molar-refractivity contribution in [3.8, 4) is 0 Å². The second-order valence-electron chi connectivity index (χ2n) is 8.57. The van der Waals surface area contributed by atoms with E-state index in [4.69, 9.17) is 4.74 Å². The maximum absolute atomic E-state index is 12.3. The van der Waals surface area contributed by atoms with Crippen LogP contribution in [0.4, 0.5) is 0 Å². The van der Waals surface area contributed by atoms with Crippen molar-refractivity contribution in [2.24, 2.45) is 23.2 Å². The van der Waals surface area contributed by atoms with Crippen LogP contribution >= 0.6 is 0 Å². The van der Waals surface area contributed by atoms with Crippen molar-refractivity contribution >= 4 is 5.97 Å². The first-order valence-electron chi connectivity index (χ1n) is 8.91. The van der Waals surface area contributed by atoms with Crippen LogP contribution in [0.15, 0.2) is 12.2 Å². The molecule has 5 aliphatic carbocycles. The molecule has 2 heteroatoms. The molecule has 0 unspecified atom stereocenters. The predicted molar refractivity (Wildman–Crippen MR) is 82.7 cm³/mol. The van der Waals surface area contributed by atoms with Gasteiger partial charge in [-0.15, -0.1) is 0 Å². The van der Waals surface area contributed by atoms with Gasteiger partial charge in [0.1, 0.15) is 5.60 Å². The summed E-state index contributed by atoms with van der Waals surface area (Å²) in [5, 5.41) is 0. The zero-order valence-electron chi connectivity index (χ0n) is 13.3. The maximum atomic E-state index is 12.3. The van der Waals surface area contributed by atoms with E-state index in [1.54, 1.807) is 6.92 Å². The highest BCUT2D eigenvalue weighted by Gasteiger charge is 2.62. The molecule has 0 heterocycles. The quantitative estimate of drug-likeness (QED) is 0.559. The molecule has 0 aromatic heterocycles. The summed E-state index contributed by atoms with van der Waals surface area (Å²) in [5.74, 6) is 2.60. The molecule has 5 aliphatic rings. The Hall–Kier alpha value is -0.790. The first-order valence-corrected chi connectivity index (χ1v) is 8.91. The average Bonchev–Trinajstić information content (AvgIpc) is 2.87. The molecule has 21 heavy (non-hydrogen) atoms. The van der Waals surface area contributed by atoms with Gasteiger partial charge in [-0.05, 0) is 88.9 Å². The molecular weight excluding hydrogens is 260 g/mol. The highest BCUT2D eigenvalue weighted by atomic mass is 16.6. The minimum Gasteiger partial charge on any atom is -0.455 e. The zero-order valence-corrected chi connectivity index (χ0v) is 13.3. The van der Waals surface area contributed by atoms with Crippen molar-refractivity contribution in [3.05, 3.63) is 12.2 Å². The van der Waals surface area contributed by atoms with Crippen molar-refractivity contribution in [2.45, 2.75) is 76.7 Å². The van der Waals surface area contributed by atoms with E-state index in [2.05, 4.69) is 6.58 Å². The van der Waals surface area contributed by atoms with Gasteiger partial charge in [-0.3, -0.25) is 0 Å². The summed E-state index contributed by atoms with van der Waals surface area (Å²) in [5.41, 5.74) is 0.716. The number of rotatable bonds is 3. The fourth-order valence-corrected chi connectivity index (χ4v) is 6.62. The van der Waals surface area contributed by atoms with Crippen molar-refractivity contribution in [3.63, 3.8) is 0 Å². The Morgan fingerprint density at radius 3 is 1.90 bits per heavy atom. The van der Waals surface area contributed by atoms with Gasteiger partial charge in [0.15, 0.2) is 0 Å². The number of ether oxygens (including phenoxy) is 1. The van der Waals surface area contributed by atoms with E-state index in [1.807, 2.05) is 0 Å². The van der Waals surface area contributed by atoms with Crippen molar-refractivity contribution in [1.29, 1.82) is 0 Å². The van der Waals surface area contributed by atoms with Gasteiger partial charge in [0.25, 0.3) is 0 Å². The Bertz CT molecular complexity index is 435. The van der Waals surface area contributed by atoms with Crippen LogP contribution in [0.2, 0.25) is 0 Å². The van der Waals surface area contributed by atoms with Crippen molar-refractivity contribution in [1.82, 2.24) is 0 Å². The molecule has 0 saturated heterocycles. The molecule has 116 valence electrons. The Morgan fingerprint density at radius 1 is 1.00 bits per heavy atom. The van der Waals surface area contributed by atoms with Gasteiger partial charge >= 0.3 is 5.97 Å². The highest BCUT2D eigenvalue weighted by Crippen LogP contribution is 2.67. The molecule has 5 fully saturated rings. The standard InChI is InChI=1S/C19H28O2/c1-13(2)17(20)21-19(5-3-4-6-19)18-10-14-7-15(11-18)9-16(8-14)12-18/h14-16H,1,3-12H2,2H3. The van der Waals surface area contributed by atoms with Crippen LogP contribution in [0.3, 0.4) is 0 Å². The lowest BCUT2D eigenvalue weighted by Crippen LogP contribution is -2.59. The van der Waals surface area contributed by atoms with Gasteiger partial charge in [0.05, 0.1) is 0 Å². The second kappa shape index (κ2) is 4.60. The minimum absolute atomic E-state index is 0.146. The number of hydrogen-bond acceptors (Lipinski definition) is 2. The van der Waals surface area contributed by atoms with E-state index >= 15 is 0 Å². The van der Waals surface area contributed by atoms with Crippen LogP contribution < -0.4 is 0 Å². The Kier molecular flexibility index (Phi) is 3.03. The molecule has 0 spiro atoms. The highest BCUT2D eigenvalue weighted by molar-refractivity contribution is 5.87. The lowest BCUT2D eigenvalue weighted by atomic mass is 9.45. The van der Waals surface area contributed by atoms with Gasteiger partial charge in [-0.1, -0.05) is 6.58 Å². The molecule has 0 N–H and O–H groups in total. The van der Waals surface area contributed by atoms with Crippen molar-refractivity contribution in [2.75, 3.05) is 0 Å². The van der Waals surface area contributed by atoms with Crippen molar-refractivity contribution < 1.29 is 9.53 Å². The van der Waals surface area contributed by atoms with Gasteiger partial charge in [-0.25, -0.2) is 4.79 Å². The number of hydrogen-bond donors (Lipinski definition) is 0. The summed E-state index contributed by atoms with van der Waals surface area (Å²) in [6.45, 7) is 5.58. The first kappa shape index (κ1) is 13.8. The van der Waals surface area contributed by atoms with Crippen LogP contribution in [0.25, 0.3) is 0 Å².